The Morgan fingerprint density at radius 3 is 2.48 bits per heavy atom. The van der Waals surface area contributed by atoms with E-state index in [1.54, 1.807) is 13.0 Å². The van der Waals surface area contributed by atoms with Crippen LogP contribution in [0.25, 0.3) is 0 Å². The lowest BCUT2D eigenvalue weighted by Gasteiger charge is -2.33. The van der Waals surface area contributed by atoms with Crippen LogP contribution in [0.15, 0.2) is 18.2 Å². The zero-order valence-corrected chi connectivity index (χ0v) is 13.5. The van der Waals surface area contributed by atoms with Gasteiger partial charge in [-0.2, -0.15) is 0 Å². The van der Waals surface area contributed by atoms with E-state index in [-0.39, 0.29) is 29.9 Å². The van der Waals surface area contributed by atoms with Crippen LogP contribution < -0.4 is 11.1 Å². The van der Waals surface area contributed by atoms with Gasteiger partial charge < -0.3 is 11.1 Å². The van der Waals surface area contributed by atoms with Crippen LogP contribution in [0.1, 0.15) is 36.7 Å². The molecule has 1 amide bonds. The molecule has 21 heavy (non-hydrogen) atoms. The van der Waals surface area contributed by atoms with E-state index in [0.29, 0.717) is 17.7 Å². The standard InChI is InChI=1S/C14H21N3O3.ClH/c1-9(2)14(4,8-15)16-13(18)11-6-5-7-12(10(11)3)17(19)20;/h5-7,9H,8,15H2,1-4H3,(H,16,18);1H. The average Bonchev–Trinajstić information content (AvgIpc) is 2.37. The van der Waals surface area contributed by atoms with E-state index in [4.69, 9.17) is 5.73 Å². The van der Waals surface area contributed by atoms with Gasteiger partial charge in [0.25, 0.3) is 11.6 Å². The maximum absolute atomic E-state index is 12.3. The Labute approximate surface area is 130 Å². The second-order valence-corrected chi connectivity index (χ2v) is 5.44. The summed E-state index contributed by atoms with van der Waals surface area (Å²) < 4.78 is 0. The Morgan fingerprint density at radius 1 is 1.48 bits per heavy atom. The summed E-state index contributed by atoms with van der Waals surface area (Å²) in [6.07, 6.45) is 0. The van der Waals surface area contributed by atoms with Gasteiger partial charge in [-0.1, -0.05) is 19.9 Å². The lowest BCUT2D eigenvalue weighted by molar-refractivity contribution is -0.385. The summed E-state index contributed by atoms with van der Waals surface area (Å²) in [5, 5.41) is 13.8. The summed E-state index contributed by atoms with van der Waals surface area (Å²) >= 11 is 0. The number of hydrogen-bond acceptors (Lipinski definition) is 4. The predicted molar refractivity (Wildman–Crippen MR) is 84.8 cm³/mol. The first-order chi connectivity index (χ1) is 9.23. The van der Waals surface area contributed by atoms with Crippen molar-refractivity contribution in [2.45, 2.75) is 33.2 Å². The summed E-state index contributed by atoms with van der Waals surface area (Å²) in [4.78, 5) is 22.7. The lowest BCUT2D eigenvalue weighted by atomic mass is 9.88. The van der Waals surface area contributed by atoms with Crippen molar-refractivity contribution >= 4 is 24.0 Å². The Morgan fingerprint density at radius 2 is 2.05 bits per heavy atom. The molecule has 0 aliphatic heterocycles. The molecular formula is C14H22ClN3O3. The van der Waals surface area contributed by atoms with Crippen LogP contribution in [-0.4, -0.2) is 22.9 Å². The molecule has 0 aromatic heterocycles. The molecule has 0 aliphatic carbocycles. The van der Waals surface area contributed by atoms with E-state index in [2.05, 4.69) is 5.32 Å². The molecule has 1 atom stereocenters. The van der Waals surface area contributed by atoms with Gasteiger partial charge in [-0.25, -0.2) is 0 Å². The molecule has 1 rings (SSSR count). The van der Waals surface area contributed by atoms with Crippen LogP contribution in [0.4, 0.5) is 5.69 Å². The normalized spacial score (nSPS) is 13.2. The number of nitro groups is 1. The quantitative estimate of drug-likeness (QED) is 0.644. The topological polar surface area (TPSA) is 98.3 Å². The van der Waals surface area contributed by atoms with Gasteiger partial charge in [0.1, 0.15) is 0 Å². The minimum Gasteiger partial charge on any atom is -0.345 e. The van der Waals surface area contributed by atoms with Gasteiger partial charge in [0.05, 0.1) is 10.5 Å². The van der Waals surface area contributed by atoms with E-state index < -0.39 is 10.5 Å². The molecule has 7 heteroatoms. The fourth-order valence-electron chi connectivity index (χ4n) is 1.82. The van der Waals surface area contributed by atoms with Crippen LogP contribution in [-0.2, 0) is 0 Å². The molecular weight excluding hydrogens is 294 g/mol. The first-order valence-corrected chi connectivity index (χ1v) is 6.49. The third-order valence-corrected chi connectivity index (χ3v) is 3.84. The molecule has 6 nitrogen and oxygen atoms in total. The number of halogens is 1. The van der Waals surface area contributed by atoms with Crippen molar-refractivity contribution in [3.63, 3.8) is 0 Å². The van der Waals surface area contributed by atoms with Gasteiger partial charge >= 0.3 is 0 Å². The SMILES string of the molecule is Cc1c(C(=O)NC(C)(CN)C(C)C)cccc1[N+](=O)[O-].Cl. The molecule has 0 radical (unpaired) electrons. The van der Waals surface area contributed by atoms with Crippen LogP contribution >= 0.6 is 12.4 Å². The van der Waals surface area contributed by atoms with Crippen molar-refractivity contribution in [1.29, 1.82) is 0 Å². The molecule has 3 N–H and O–H groups in total. The number of benzene rings is 1. The van der Waals surface area contributed by atoms with Gasteiger partial charge in [-0.15, -0.1) is 12.4 Å². The largest absolute Gasteiger partial charge is 0.345 e. The highest BCUT2D eigenvalue weighted by atomic mass is 35.5. The number of carbonyl (C=O) groups excluding carboxylic acids is 1. The lowest BCUT2D eigenvalue weighted by Crippen LogP contribution is -2.55. The first kappa shape index (κ1) is 19.3. The second-order valence-electron chi connectivity index (χ2n) is 5.44. The monoisotopic (exact) mass is 315 g/mol. The van der Waals surface area contributed by atoms with Gasteiger partial charge in [0, 0.05) is 23.7 Å². The zero-order chi connectivity index (χ0) is 15.5. The number of nitrogens with one attached hydrogen (secondary N) is 1. The maximum Gasteiger partial charge on any atom is 0.273 e. The van der Waals surface area contributed by atoms with Gasteiger partial charge in [-0.3, -0.25) is 14.9 Å². The van der Waals surface area contributed by atoms with Crippen LogP contribution in [0, 0.1) is 23.0 Å². The van der Waals surface area contributed by atoms with Crippen molar-refractivity contribution in [2.24, 2.45) is 11.7 Å². The third-order valence-electron chi connectivity index (χ3n) is 3.84. The fraction of sp³-hybridized carbons (Fsp3) is 0.500. The summed E-state index contributed by atoms with van der Waals surface area (Å²) in [6.45, 7) is 7.66. The smallest absolute Gasteiger partial charge is 0.273 e. The number of nitro benzene ring substituents is 1. The van der Waals surface area contributed by atoms with Crippen molar-refractivity contribution in [1.82, 2.24) is 5.32 Å². The van der Waals surface area contributed by atoms with Crippen LogP contribution in [0.5, 0.6) is 0 Å². The fourth-order valence-corrected chi connectivity index (χ4v) is 1.82. The molecule has 0 aliphatic rings. The number of nitrogens with two attached hydrogens (primary N) is 1. The highest BCUT2D eigenvalue weighted by molar-refractivity contribution is 5.97. The Bertz CT molecular complexity index is 534. The number of hydrogen-bond donors (Lipinski definition) is 2. The maximum atomic E-state index is 12.3. The van der Waals surface area contributed by atoms with Gasteiger partial charge in [0.15, 0.2) is 0 Å². The minimum atomic E-state index is -0.547. The average molecular weight is 316 g/mol. The number of nitrogens with zero attached hydrogens (tertiary/aromatic N) is 1. The first-order valence-electron chi connectivity index (χ1n) is 6.49. The molecule has 0 saturated carbocycles. The number of amides is 1. The van der Waals surface area contributed by atoms with Crippen molar-refractivity contribution in [2.75, 3.05) is 6.54 Å². The van der Waals surface area contributed by atoms with Crippen molar-refractivity contribution in [3.8, 4) is 0 Å². The van der Waals surface area contributed by atoms with Gasteiger partial charge in [-0.05, 0) is 25.8 Å². The van der Waals surface area contributed by atoms with Crippen molar-refractivity contribution < 1.29 is 9.72 Å². The Hall–Kier alpha value is -1.66. The third kappa shape index (κ3) is 4.15. The number of rotatable bonds is 5. The van der Waals surface area contributed by atoms with Gasteiger partial charge in [0.2, 0.25) is 0 Å². The number of carbonyl (C=O) groups is 1. The predicted octanol–water partition coefficient (Wildman–Crippen LogP) is 2.43. The highest BCUT2D eigenvalue weighted by Crippen LogP contribution is 2.22. The summed E-state index contributed by atoms with van der Waals surface area (Å²) in [7, 11) is 0. The molecule has 1 aromatic rings. The van der Waals surface area contributed by atoms with Crippen LogP contribution in [0.3, 0.4) is 0 Å². The van der Waals surface area contributed by atoms with Crippen molar-refractivity contribution in [3.05, 3.63) is 39.4 Å². The molecule has 0 fully saturated rings. The molecule has 1 unspecified atom stereocenters. The molecule has 118 valence electrons. The summed E-state index contributed by atoms with van der Waals surface area (Å²) in [6, 6.07) is 4.47. The summed E-state index contributed by atoms with van der Waals surface area (Å²) in [5.41, 5.74) is 5.79. The molecule has 1 aromatic carbocycles. The highest BCUT2D eigenvalue weighted by Gasteiger charge is 2.30. The Kier molecular flexibility index (Phi) is 6.79. The molecule has 0 bridgehead atoms. The minimum absolute atomic E-state index is 0. The Balaban J connectivity index is 0.00000400. The molecule has 0 heterocycles. The van der Waals surface area contributed by atoms with E-state index in [9.17, 15) is 14.9 Å². The van der Waals surface area contributed by atoms with E-state index in [0.717, 1.165) is 0 Å². The van der Waals surface area contributed by atoms with Crippen LogP contribution in [0.2, 0.25) is 0 Å². The zero-order valence-electron chi connectivity index (χ0n) is 12.7. The van der Waals surface area contributed by atoms with E-state index >= 15 is 0 Å². The van der Waals surface area contributed by atoms with E-state index in [1.165, 1.54) is 12.1 Å². The second kappa shape index (κ2) is 7.38. The molecule has 0 saturated heterocycles. The molecule has 0 spiro atoms. The van der Waals surface area contributed by atoms with E-state index in [1.807, 2.05) is 20.8 Å². The summed E-state index contributed by atoms with van der Waals surface area (Å²) in [5.74, 6) is -0.191.